The average Bonchev–Trinajstić information content (AvgIpc) is 2.44. The van der Waals surface area contributed by atoms with E-state index in [4.69, 9.17) is 0 Å². The Morgan fingerprint density at radius 3 is 2.22 bits per heavy atom. The molecule has 0 aromatic heterocycles. The van der Waals surface area contributed by atoms with Gasteiger partial charge in [-0.3, -0.25) is 0 Å². The van der Waals surface area contributed by atoms with E-state index in [0.29, 0.717) is 0 Å². The zero-order valence-corrected chi connectivity index (χ0v) is 12.0. The first-order valence-corrected chi connectivity index (χ1v) is 6.99. The highest BCUT2D eigenvalue weighted by Gasteiger charge is 2.26. The van der Waals surface area contributed by atoms with E-state index in [9.17, 15) is 5.11 Å². The van der Waals surface area contributed by atoms with Crippen molar-refractivity contribution in [3.63, 3.8) is 0 Å². The average molecular weight is 249 g/mol. The summed E-state index contributed by atoms with van der Waals surface area (Å²) in [5, 5.41) is 9.58. The molecule has 2 nitrogen and oxygen atoms in total. The first-order valence-electron chi connectivity index (χ1n) is 6.99. The predicted octanol–water partition coefficient (Wildman–Crippen LogP) is 2.96. The minimum atomic E-state index is 0.0748. The maximum Gasteiger partial charge on any atom is 0.0499 e. The lowest BCUT2D eigenvalue weighted by molar-refractivity contribution is 0.0759. The maximum atomic E-state index is 9.58. The second kappa shape index (κ2) is 7.55. The molecule has 0 unspecified atom stereocenters. The quantitative estimate of drug-likeness (QED) is 0.765. The Kier molecular flexibility index (Phi) is 6.37. The number of hydrogen-bond acceptors (Lipinski definition) is 2. The van der Waals surface area contributed by atoms with Crippen LogP contribution in [0.2, 0.25) is 0 Å². The molecule has 0 radical (unpaired) electrons. The van der Waals surface area contributed by atoms with E-state index < -0.39 is 0 Å². The van der Waals surface area contributed by atoms with Gasteiger partial charge in [0.25, 0.3) is 0 Å². The second-order valence-electron chi connectivity index (χ2n) is 5.34. The van der Waals surface area contributed by atoms with Crippen LogP contribution in [0.25, 0.3) is 0 Å². The first kappa shape index (κ1) is 15.2. The van der Waals surface area contributed by atoms with E-state index in [1.54, 1.807) is 0 Å². The Morgan fingerprint density at radius 1 is 1.11 bits per heavy atom. The van der Waals surface area contributed by atoms with Gasteiger partial charge in [0.05, 0.1) is 0 Å². The van der Waals surface area contributed by atoms with Crippen molar-refractivity contribution in [1.82, 2.24) is 4.90 Å². The smallest absolute Gasteiger partial charge is 0.0499 e. The third kappa shape index (κ3) is 4.43. The van der Waals surface area contributed by atoms with Gasteiger partial charge in [0.1, 0.15) is 0 Å². The molecule has 0 aliphatic carbocycles. The summed E-state index contributed by atoms with van der Waals surface area (Å²) >= 11 is 0. The number of benzene rings is 1. The van der Waals surface area contributed by atoms with Crippen LogP contribution >= 0.6 is 0 Å². The largest absolute Gasteiger partial charge is 0.396 e. The van der Waals surface area contributed by atoms with Crippen LogP contribution in [-0.4, -0.2) is 36.8 Å². The summed E-state index contributed by atoms with van der Waals surface area (Å²) in [5.74, 6) is 0. The highest BCUT2D eigenvalue weighted by molar-refractivity contribution is 5.14. The monoisotopic (exact) mass is 249 g/mol. The van der Waals surface area contributed by atoms with Crippen LogP contribution in [0.5, 0.6) is 0 Å². The molecule has 0 spiro atoms. The number of aliphatic hydroxyl groups excluding tert-OH is 1. The van der Waals surface area contributed by atoms with Crippen molar-refractivity contribution in [2.75, 3.05) is 26.7 Å². The summed E-state index contributed by atoms with van der Waals surface area (Å²) in [6.45, 7) is 6.65. The molecule has 0 aliphatic rings. The molecule has 0 heterocycles. The lowest BCUT2D eigenvalue weighted by Gasteiger charge is -2.34. The molecular formula is C16H27NO. The third-order valence-corrected chi connectivity index (χ3v) is 4.07. The van der Waals surface area contributed by atoms with Crippen molar-refractivity contribution in [2.45, 2.75) is 33.1 Å². The third-order valence-electron chi connectivity index (χ3n) is 4.07. The lowest BCUT2D eigenvalue weighted by Crippen LogP contribution is -2.38. The molecule has 18 heavy (non-hydrogen) atoms. The summed E-state index contributed by atoms with van der Waals surface area (Å²) < 4.78 is 0. The van der Waals surface area contributed by atoms with Gasteiger partial charge in [-0.25, -0.2) is 0 Å². The molecule has 0 fully saturated rings. The van der Waals surface area contributed by atoms with Crippen molar-refractivity contribution in [3.05, 3.63) is 35.9 Å². The molecule has 0 saturated carbocycles. The Bertz CT molecular complexity index is 311. The number of rotatable bonds is 8. The van der Waals surface area contributed by atoms with Crippen LogP contribution in [0.1, 0.15) is 32.3 Å². The van der Waals surface area contributed by atoms with Gasteiger partial charge in [-0.1, -0.05) is 44.2 Å². The SMILES string of the molecule is CCC(CC)(CO)CN(C)CCc1ccccc1. The molecule has 0 amide bonds. The van der Waals surface area contributed by atoms with Gasteiger partial charge in [-0.15, -0.1) is 0 Å². The summed E-state index contributed by atoms with van der Waals surface area (Å²) in [5.41, 5.74) is 1.46. The van der Waals surface area contributed by atoms with Crippen LogP contribution in [-0.2, 0) is 6.42 Å². The minimum Gasteiger partial charge on any atom is -0.396 e. The Labute approximate surface area is 112 Å². The van der Waals surface area contributed by atoms with E-state index in [1.165, 1.54) is 5.56 Å². The van der Waals surface area contributed by atoms with Crippen LogP contribution in [0.4, 0.5) is 0 Å². The summed E-state index contributed by atoms with van der Waals surface area (Å²) in [6.07, 6.45) is 3.15. The topological polar surface area (TPSA) is 23.5 Å². The first-order chi connectivity index (χ1) is 8.65. The van der Waals surface area contributed by atoms with Crippen molar-refractivity contribution >= 4 is 0 Å². The highest BCUT2D eigenvalue weighted by atomic mass is 16.3. The number of likely N-dealkylation sites (N-methyl/N-ethyl adjacent to an activating group) is 1. The van der Waals surface area contributed by atoms with Gasteiger partial charge in [-0.05, 0) is 31.9 Å². The zero-order valence-electron chi connectivity index (χ0n) is 12.0. The van der Waals surface area contributed by atoms with Crippen molar-refractivity contribution in [3.8, 4) is 0 Å². The minimum absolute atomic E-state index is 0.0748. The lowest BCUT2D eigenvalue weighted by atomic mass is 9.83. The maximum absolute atomic E-state index is 9.58. The number of nitrogens with zero attached hydrogens (tertiary/aromatic N) is 1. The van der Waals surface area contributed by atoms with Crippen LogP contribution in [0.15, 0.2) is 30.3 Å². The Balaban J connectivity index is 2.43. The molecule has 1 rings (SSSR count). The van der Waals surface area contributed by atoms with Crippen LogP contribution in [0.3, 0.4) is 0 Å². The van der Waals surface area contributed by atoms with E-state index in [-0.39, 0.29) is 12.0 Å². The van der Waals surface area contributed by atoms with E-state index >= 15 is 0 Å². The number of hydrogen-bond donors (Lipinski definition) is 1. The standard InChI is InChI=1S/C16H27NO/c1-4-16(5-2,14-18)13-17(3)12-11-15-9-7-6-8-10-15/h6-10,18H,4-5,11-14H2,1-3H3. The summed E-state index contributed by atoms with van der Waals surface area (Å²) in [6, 6.07) is 10.6. The van der Waals surface area contributed by atoms with Gasteiger partial charge in [0.2, 0.25) is 0 Å². The number of aliphatic hydroxyl groups is 1. The molecular weight excluding hydrogens is 222 g/mol. The Hall–Kier alpha value is -0.860. The van der Waals surface area contributed by atoms with E-state index in [1.807, 2.05) is 0 Å². The fourth-order valence-corrected chi connectivity index (χ4v) is 2.36. The molecule has 1 aromatic rings. The summed E-state index contributed by atoms with van der Waals surface area (Å²) in [4.78, 5) is 2.34. The highest BCUT2D eigenvalue weighted by Crippen LogP contribution is 2.26. The second-order valence-corrected chi connectivity index (χ2v) is 5.34. The predicted molar refractivity (Wildman–Crippen MR) is 77.7 cm³/mol. The zero-order chi connectivity index (χ0) is 13.4. The molecule has 0 saturated heterocycles. The van der Waals surface area contributed by atoms with Crippen molar-refractivity contribution in [1.29, 1.82) is 0 Å². The Morgan fingerprint density at radius 2 is 1.72 bits per heavy atom. The summed E-state index contributed by atoms with van der Waals surface area (Å²) in [7, 11) is 2.15. The van der Waals surface area contributed by atoms with Gasteiger partial charge in [0.15, 0.2) is 0 Å². The van der Waals surface area contributed by atoms with Crippen molar-refractivity contribution in [2.24, 2.45) is 5.41 Å². The van der Waals surface area contributed by atoms with E-state index in [0.717, 1.165) is 32.4 Å². The van der Waals surface area contributed by atoms with Gasteiger partial charge < -0.3 is 10.0 Å². The fraction of sp³-hybridized carbons (Fsp3) is 0.625. The van der Waals surface area contributed by atoms with E-state index in [2.05, 4.69) is 56.1 Å². The van der Waals surface area contributed by atoms with Crippen LogP contribution < -0.4 is 0 Å². The normalized spacial score (nSPS) is 12.1. The van der Waals surface area contributed by atoms with Gasteiger partial charge >= 0.3 is 0 Å². The van der Waals surface area contributed by atoms with Gasteiger partial charge in [-0.2, -0.15) is 0 Å². The molecule has 1 N–H and O–H groups in total. The van der Waals surface area contributed by atoms with Crippen LogP contribution in [0, 0.1) is 5.41 Å². The molecule has 0 atom stereocenters. The molecule has 0 aliphatic heterocycles. The molecule has 2 heteroatoms. The van der Waals surface area contributed by atoms with Gasteiger partial charge in [0, 0.05) is 25.1 Å². The molecule has 0 bridgehead atoms. The molecule has 102 valence electrons. The van der Waals surface area contributed by atoms with Crippen molar-refractivity contribution < 1.29 is 5.11 Å². The fourth-order valence-electron chi connectivity index (χ4n) is 2.36. The molecule has 1 aromatic carbocycles.